The lowest BCUT2D eigenvalue weighted by atomic mass is 10.4. The Labute approximate surface area is 116 Å². The van der Waals surface area contributed by atoms with Crippen molar-refractivity contribution in [3.63, 3.8) is 0 Å². The summed E-state index contributed by atoms with van der Waals surface area (Å²) < 4.78 is 7.75. The number of amides is 1. The molecule has 0 saturated carbocycles. The number of ether oxygens (including phenoxy) is 1. The molecule has 0 radical (unpaired) electrons. The Hall–Kier alpha value is -0.850. The van der Waals surface area contributed by atoms with Crippen LogP contribution in [-0.2, 0) is 11.3 Å². The molecule has 2 N–H and O–H groups in total. The molecule has 0 atom stereocenters. The van der Waals surface area contributed by atoms with E-state index in [2.05, 4.69) is 26.6 Å². The highest BCUT2D eigenvalue weighted by Crippen LogP contribution is 2.14. The van der Waals surface area contributed by atoms with Gasteiger partial charge in [-0.05, 0) is 28.9 Å². The third-order valence-corrected chi connectivity index (χ3v) is 2.94. The van der Waals surface area contributed by atoms with Gasteiger partial charge in [-0.2, -0.15) is 0 Å². The molecule has 5 nitrogen and oxygen atoms in total. The van der Waals surface area contributed by atoms with Crippen LogP contribution >= 0.6 is 15.9 Å². The number of hydrogen-bond donors (Lipinski definition) is 2. The van der Waals surface area contributed by atoms with Gasteiger partial charge in [0.2, 0.25) is 0 Å². The molecule has 0 aromatic carbocycles. The van der Waals surface area contributed by atoms with Crippen molar-refractivity contribution >= 4 is 21.8 Å². The van der Waals surface area contributed by atoms with E-state index in [-0.39, 0.29) is 5.91 Å². The normalized spacial score (nSPS) is 10.6. The smallest absolute Gasteiger partial charge is 0.267 e. The van der Waals surface area contributed by atoms with Crippen LogP contribution in [0.25, 0.3) is 0 Å². The lowest BCUT2D eigenvalue weighted by molar-refractivity contribution is 0.0944. The first-order valence-corrected chi connectivity index (χ1v) is 6.81. The fraction of sp³-hybridized carbons (Fsp3) is 0.583. The Balaban J connectivity index is 2.32. The highest BCUT2D eigenvalue weighted by atomic mass is 79.9. The van der Waals surface area contributed by atoms with E-state index in [9.17, 15) is 4.79 Å². The van der Waals surface area contributed by atoms with Crippen LogP contribution in [0.15, 0.2) is 16.7 Å². The highest BCUT2D eigenvalue weighted by Gasteiger charge is 2.11. The van der Waals surface area contributed by atoms with E-state index < -0.39 is 0 Å². The standard InChI is InChI=1S/C12H20BrN3O2/c1-3-16-9-10(13)8-11(16)12(17)15-5-4-14-6-7-18-2/h8-9,14H,3-7H2,1-2H3,(H,15,17). The molecule has 0 aliphatic heterocycles. The number of methoxy groups -OCH3 is 1. The van der Waals surface area contributed by atoms with E-state index in [4.69, 9.17) is 4.74 Å². The molecule has 6 heteroatoms. The van der Waals surface area contributed by atoms with Crippen LogP contribution in [0.2, 0.25) is 0 Å². The van der Waals surface area contributed by atoms with Crippen molar-refractivity contribution in [2.45, 2.75) is 13.5 Å². The summed E-state index contributed by atoms with van der Waals surface area (Å²) in [6.07, 6.45) is 1.91. The van der Waals surface area contributed by atoms with Crippen molar-refractivity contribution in [1.82, 2.24) is 15.2 Å². The molecular formula is C12H20BrN3O2. The van der Waals surface area contributed by atoms with E-state index in [0.29, 0.717) is 18.8 Å². The van der Waals surface area contributed by atoms with Gasteiger partial charge in [-0.15, -0.1) is 0 Å². The zero-order valence-corrected chi connectivity index (χ0v) is 12.4. The van der Waals surface area contributed by atoms with Crippen LogP contribution in [0, 0.1) is 0 Å². The van der Waals surface area contributed by atoms with Gasteiger partial charge in [0.25, 0.3) is 5.91 Å². The molecule has 1 aromatic rings. The molecule has 0 spiro atoms. The molecule has 102 valence electrons. The molecule has 0 aliphatic carbocycles. The van der Waals surface area contributed by atoms with Crippen molar-refractivity contribution in [3.05, 3.63) is 22.4 Å². The highest BCUT2D eigenvalue weighted by molar-refractivity contribution is 9.10. The molecule has 18 heavy (non-hydrogen) atoms. The minimum absolute atomic E-state index is 0.0453. The summed E-state index contributed by atoms with van der Waals surface area (Å²) in [4.78, 5) is 11.9. The number of aryl methyl sites for hydroxylation is 1. The lowest BCUT2D eigenvalue weighted by Crippen LogP contribution is -2.33. The SMILES string of the molecule is CCn1cc(Br)cc1C(=O)NCCNCCOC. The molecule has 1 amide bonds. The number of carbonyl (C=O) groups is 1. The maximum absolute atomic E-state index is 11.9. The lowest BCUT2D eigenvalue weighted by Gasteiger charge is -2.08. The number of aromatic nitrogens is 1. The van der Waals surface area contributed by atoms with E-state index in [1.54, 1.807) is 7.11 Å². The van der Waals surface area contributed by atoms with Crippen LogP contribution in [0.3, 0.4) is 0 Å². The Morgan fingerprint density at radius 3 is 2.89 bits per heavy atom. The minimum Gasteiger partial charge on any atom is -0.383 e. The van der Waals surface area contributed by atoms with Crippen LogP contribution < -0.4 is 10.6 Å². The maximum Gasteiger partial charge on any atom is 0.267 e. The number of rotatable bonds is 8. The summed E-state index contributed by atoms with van der Waals surface area (Å²) in [7, 11) is 1.67. The number of carbonyl (C=O) groups excluding carboxylic acids is 1. The minimum atomic E-state index is -0.0453. The average Bonchev–Trinajstić information content (AvgIpc) is 2.74. The third kappa shape index (κ3) is 4.80. The zero-order chi connectivity index (χ0) is 13.4. The molecule has 1 heterocycles. The summed E-state index contributed by atoms with van der Waals surface area (Å²) in [6.45, 7) is 5.61. The van der Waals surface area contributed by atoms with E-state index >= 15 is 0 Å². The van der Waals surface area contributed by atoms with Gasteiger partial charge in [0.15, 0.2) is 0 Å². The summed E-state index contributed by atoms with van der Waals surface area (Å²) in [5.41, 5.74) is 0.682. The van der Waals surface area contributed by atoms with Gasteiger partial charge >= 0.3 is 0 Å². The Morgan fingerprint density at radius 1 is 1.44 bits per heavy atom. The Kier molecular flexibility index (Phi) is 7.00. The van der Waals surface area contributed by atoms with E-state index in [1.807, 2.05) is 23.8 Å². The van der Waals surface area contributed by atoms with Crippen molar-refractivity contribution in [2.24, 2.45) is 0 Å². The number of nitrogens with zero attached hydrogens (tertiary/aromatic N) is 1. The van der Waals surface area contributed by atoms with Gasteiger partial charge in [0.1, 0.15) is 5.69 Å². The van der Waals surface area contributed by atoms with Crippen molar-refractivity contribution < 1.29 is 9.53 Å². The first-order chi connectivity index (χ1) is 8.69. The Bertz CT molecular complexity index is 379. The first-order valence-electron chi connectivity index (χ1n) is 6.02. The molecule has 1 aromatic heterocycles. The Morgan fingerprint density at radius 2 is 2.22 bits per heavy atom. The summed E-state index contributed by atoms with van der Waals surface area (Å²) in [5, 5.41) is 6.05. The topological polar surface area (TPSA) is 55.3 Å². The van der Waals surface area contributed by atoms with Gasteiger partial charge in [-0.25, -0.2) is 0 Å². The molecule has 0 fully saturated rings. The number of nitrogens with one attached hydrogen (secondary N) is 2. The second-order valence-corrected chi connectivity index (χ2v) is 4.74. The van der Waals surface area contributed by atoms with Crippen molar-refractivity contribution in [3.8, 4) is 0 Å². The molecule has 0 unspecified atom stereocenters. The molecule has 0 bridgehead atoms. The second kappa shape index (κ2) is 8.29. The fourth-order valence-corrected chi connectivity index (χ4v) is 2.05. The van der Waals surface area contributed by atoms with Crippen LogP contribution in [0.5, 0.6) is 0 Å². The second-order valence-electron chi connectivity index (χ2n) is 3.83. The first kappa shape index (κ1) is 15.2. The summed E-state index contributed by atoms with van der Waals surface area (Å²) in [5.74, 6) is -0.0453. The van der Waals surface area contributed by atoms with Crippen molar-refractivity contribution in [1.29, 1.82) is 0 Å². The summed E-state index contributed by atoms with van der Waals surface area (Å²) in [6, 6.07) is 1.83. The maximum atomic E-state index is 11.9. The molecule has 0 aliphatic rings. The van der Waals surface area contributed by atoms with Gasteiger partial charge in [0, 0.05) is 44.0 Å². The predicted octanol–water partition coefficient (Wildman–Crippen LogP) is 1.24. The fourth-order valence-electron chi connectivity index (χ4n) is 1.58. The van der Waals surface area contributed by atoms with Crippen LogP contribution in [0.1, 0.15) is 17.4 Å². The largest absolute Gasteiger partial charge is 0.383 e. The quantitative estimate of drug-likeness (QED) is 0.709. The monoisotopic (exact) mass is 317 g/mol. The predicted molar refractivity (Wildman–Crippen MR) is 74.9 cm³/mol. The van der Waals surface area contributed by atoms with Gasteiger partial charge in [0.05, 0.1) is 6.61 Å². The van der Waals surface area contributed by atoms with Crippen LogP contribution in [0.4, 0.5) is 0 Å². The average molecular weight is 318 g/mol. The van der Waals surface area contributed by atoms with Crippen LogP contribution in [-0.4, -0.2) is 43.8 Å². The molecule has 1 rings (SSSR count). The van der Waals surface area contributed by atoms with E-state index in [0.717, 1.165) is 24.1 Å². The van der Waals surface area contributed by atoms with Gasteiger partial charge in [-0.3, -0.25) is 4.79 Å². The van der Waals surface area contributed by atoms with Gasteiger partial charge in [-0.1, -0.05) is 0 Å². The van der Waals surface area contributed by atoms with E-state index in [1.165, 1.54) is 0 Å². The number of hydrogen-bond acceptors (Lipinski definition) is 3. The zero-order valence-electron chi connectivity index (χ0n) is 10.8. The molecule has 0 saturated heterocycles. The number of halogens is 1. The molecular weight excluding hydrogens is 298 g/mol. The summed E-state index contributed by atoms with van der Waals surface area (Å²) >= 11 is 3.38. The third-order valence-electron chi connectivity index (χ3n) is 2.51. The van der Waals surface area contributed by atoms with Gasteiger partial charge < -0.3 is 19.9 Å². The van der Waals surface area contributed by atoms with Crippen molar-refractivity contribution in [2.75, 3.05) is 33.4 Å².